The number of benzene rings is 1. The zero-order chi connectivity index (χ0) is 19.9. The van der Waals surface area contributed by atoms with Gasteiger partial charge in [-0.15, -0.1) is 10.2 Å². The van der Waals surface area contributed by atoms with Crippen molar-refractivity contribution in [1.29, 1.82) is 0 Å². The minimum absolute atomic E-state index is 0.539. The molecule has 0 atom stereocenters. The average Bonchev–Trinajstić information content (AvgIpc) is 3.40. The molecule has 3 heterocycles. The van der Waals surface area contributed by atoms with Gasteiger partial charge in [-0.2, -0.15) is 0 Å². The maximum Gasteiger partial charge on any atom is 0.191 e. The van der Waals surface area contributed by atoms with Crippen molar-refractivity contribution in [2.75, 3.05) is 6.54 Å². The summed E-state index contributed by atoms with van der Waals surface area (Å²) in [7, 11) is 0. The van der Waals surface area contributed by atoms with Crippen molar-refractivity contribution in [2.45, 2.75) is 26.6 Å². The molecule has 1 aromatic carbocycles. The van der Waals surface area contributed by atoms with Gasteiger partial charge in [-0.05, 0) is 30.2 Å². The number of guanidine groups is 1. The van der Waals surface area contributed by atoms with E-state index in [1.807, 2.05) is 41.3 Å². The van der Waals surface area contributed by atoms with Crippen molar-refractivity contribution in [3.8, 4) is 0 Å². The van der Waals surface area contributed by atoms with Gasteiger partial charge in [0, 0.05) is 31.7 Å². The van der Waals surface area contributed by atoms with Gasteiger partial charge in [0.05, 0.1) is 19.4 Å². The van der Waals surface area contributed by atoms with Gasteiger partial charge < -0.3 is 15.2 Å². The molecule has 8 heteroatoms. The Labute approximate surface area is 169 Å². The fourth-order valence-electron chi connectivity index (χ4n) is 3.10. The van der Waals surface area contributed by atoms with Crippen molar-refractivity contribution in [1.82, 2.24) is 34.8 Å². The molecule has 0 bridgehead atoms. The van der Waals surface area contributed by atoms with Crippen LogP contribution in [-0.4, -0.2) is 36.7 Å². The number of aliphatic imine (C=N–C) groups is 1. The molecule has 0 unspecified atom stereocenters. The van der Waals surface area contributed by atoms with Crippen LogP contribution in [0.1, 0.15) is 23.9 Å². The van der Waals surface area contributed by atoms with E-state index in [1.54, 1.807) is 6.20 Å². The van der Waals surface area contributed by atoms with Gasteiger partial charge >= 0.3 is 0 Å². The van der Waals surface area contributed by atoms with Gasteiger partial charge in [-0.25, -0.2) is 9.98 Å². The fraction of sp³-hybridized carbons (Fsp3) is 0.238. The Morgan fingerprint density at radius 3 is 2.83 bits per heavy atom. The highest BCUT2D eigenvalue weighted by atomic mass is 15.3. The molecule has 3 aromatic heterocycles. The van der Waals surface area contributed by atoms with Crippen LogP contribution in [-0.2, 0) is 19.6 Å². The minimum atomic E-state index is 0.539. The first-order chi connectivity index (χ1) is 14.3. The maximum atomic E-state index is 4.72. The first kappa shape index (κ1) is 18.7. The van der Waals surface area contributed by atoms with Crippen LogP contribution in [0.15, 0.2) is 72.4 Å². The summed E-state index contributed by atoms with van der Waals surface area (Å²) in [4.78, 5) is 8.81. The summed E-state index contributed by atoms with van der Waals surface area (Å²) in [6.07, 6.45) is 7.54. The molecular weight excluding hydrogens is 364 g/mol. The lowest BCUT2D eigenvalue weighted by molar-refractivity contribution is 0.764. The number of nitrogens with one attached hydrogen (secondary N) is 2. The molecule has 0 aliphatic carbocycles. The number of hydrogen-bond donors (Lipinski definition) is 2. The zero-order valence-electron chi connectivity index (χ0n) is 16.4. The highest BCUT2D eigenvalue weighted by molar-refractivity contribution is 5.79. The second-order valence-electron chi connectivity index (χ2n) is 6.65. The topological polar surface area (TPSA) is 84.4 Å². The molecule has 2 N–H and O–H groups in total. The standard InChI is InChI=1S/C21H24N8/c1-2-23-21(25-14-20-27-26-19-8-3-4-10-29(19)20)24-13-17-6-5-7-18(12-17)15-28-11-9-22-16-28/h3-12,16H,2,13-15H2,1H3,(H2,23,24,25). The molecule has 0 radical (unpaired) electrons. The van der Waals surface area contributed by atoms with Crippen LogP contribution in [0.3, 0.4) is 0 Å². The molecule has 29 heavy (non-hydrogen) atoms. The number of imidazole rings is 1. The van der Waals surface area contributed by atoms with Crippen LogP contribution in [0, 0.1) is 0 Å². The first-order valence-electron chi connectivity index (χ1n) is 9.66. The largest absolute Gasteiger partial charge is 0.357 e. The number of aromatic nitrogens is 5. The van der Waals surface area contributed by atoms with E-state index in [0.717, 1.165) is 36.1 Å². The molecule has 0 aliphatic heterocycles. The SMILES string of the molecule is CCNC(=NCc1cccc(Cn2ccnc2)c1)NCc1nnc2ccccn12. The predicted molar refractivity (Wildman–Crippen MR) is 112 cm³/mol. The highest BCUT2D eigenvalue weighted by Gasteiger charge is 2.06. The summed E-state index contributed by atoms with van der Waals surface area (Å²) < 4.78 is 4.02. The molecule has 4 rings (SSSR count). The van der Waals surface area contributed by atoms with E-state index in [9.17, 15) is 0 Å². The van der Waals surface area contributed by atoms with Crippen LogP contribution in [0.5, 0.6) is 0 Å². The minimum Gasteiger partial charge on any atom is -0.357 e. The molecule has 0 spiro atoms. The highest BCUT2D eigenvalue weighted by Crippen LogP contribution is 2.09. The monoisotopic (exact) mass is 388 g/mol. The van der Waals surface area contributed by atoms with Gasteiger partial charge in [0.1, 0.15) is 0 Å². The zero-order valence-corrected chi connectivity index (χ0v) is 16.4. The molecule has 4 aromatic rings. The summed E-state index contributed by atoms with van der Waals surface area (Å²) in [5.74, 6) is 1.59. The molecule has 0 fully saturated rings. The molecule has 0 saturated heterocycles. The van der Waals surface area contributed by atoms with Crippen LogP contribution in [0.2, 0.25) is 0 Å². The van der Waals surface area contributed by atoms with Crippen LogP contribution in [0.25, 0.3) is 5.65 Å². The Bertz CT molecular complexity index is 1080. The van der Waals surface area contributed by atoms with Gasteiger partial charge in [0.2, 0.25) is 0 Å². The summed E-state index contributed by atoms with van der Waals surface area (Å²) in [5, 5.41) is 15.1. The normalized spacial score (nSPS) is 11.7. The average molecular weight is 388 g/mol. The third-order valence-corrected chi connectivity index (χ3v) is 4.48. The van der Waals surface area contributed by atoms with Gasteiger partial charge in [-0.3, -0.25) is 4.40 Å². The lowest BCUT2D eigenvalue weighted by atomic mass is 10.1. The summed E-state index contributed by atoms with van der Waals surface area (Å²) in [6.45, 7) is 4.77. The Morgan fingerprint density at radius 1 is 1.03 bits per heavy atom. The van der Waals surface area contributed by atoms with Crippen molar-refractivity contribution in [3.63, 3.8) is 0 Å². The molecule has 0 saturated carbocycles. The molecular formula is C21H24N8. The van der Waals surface area contributed by atoms with Crippen molar-refractivity contribution in [3.05, 3.63) is 84.3 Å². The number of hydrogen-bond acceptors (Lipinski definition) is 4. The van der Waals surface area contributed by atoms with E-state index in [-0.39, 0.29) is 0 Å². The molecule has 8 nitrogen and oxygen atoms in total. The lowest BCUT2D eigenvalue weighted by Gasteiger charge is -2.11. The van der Waals surface area contributed by atoms with E-state index in [2.05, 4.69) is 61.6 Å². The number of rotatable bonds is 7. The molecule has 0 amide bonds. The van der Waals surface area contributed by atoms with Crippen molar-refractivity contribution < 1.29 is 0 Å². The maximum absolute atomic E-state index is 4.72. The second-order valence-corrected chi connectivity index (χ2v) is 6.65. The van der Waals surface area contributed by atoms with Crippen LogP contribution in [0.4, 0.5) is 0 Å². The van der Waals surface area contributed by atoms with Gasteiger partial charge in [0.25, 0.3) is 0 Å². The molecule has 148 valence electrons. The van der Waals surface area contributed by atoms with Crippen molar-refractivity contribution in [2.24, 2.45) is 4.99 Å². The van der Waals surface area contributed by atoms with E-state index in [1.165, 1.54) is 5.56 Å². The van der Waals surface area contributed by atoms with E-state index >= 15 is 0 Å². The third kappa shape index (κ3) is 4.78. The van der Waals surface area contributed by atoms with E-state index in [4.69, 9.17) is 4.99 Å². The van der Waals surface area contributed by atoms with Crippen molar-refractivity contribution >= 4 is 11.6 Å². The van der Waals surface area contributed by atoms with E-state index < -0.39 is 0 Å². The predicted octanol–water partition coefficient (Wildman–Crippen LogP) is 2.23. The van der Waals surface area contributed by atoms with Gasteiger partial charge in [-0.1, -0.05) is 30.3 Å². The van der Waals surface area contributed by atoms with Crippen LogP contribution < -0.4 is 10.6 Å². The van der Waals surface area contributed by atoms with Crippen LogP contribution >= 0.6 is 0 Å². The third-order valence-electron chi connectivity index (χ3n) is 4.48. The Balaban J connectivity index is 1.41. The quantitative estimate of drug-likeness (QED) is 0.375. The van der Waals surface area contributed by atoms with Gasteiger partial charge in [0.15, 0.2) is 17.4 Å². The summed E-state index contributed by atoms with van der Waals surface area (Å²) >= 11 is 0. The Hall–Kier alpha value is -3.68. The second kappa shape index (κ2) is 9.01. The number of fused-ring (bicyclic) bond motifs is 1. The Kier molecular flexibility index (Phi) is 5.80. The van der Waals surface area contributed by atoms with E-state index in [0.29, 0.717) is 13.1 Å². The number of pyridine rings is 1. The Morgan fingerprint density at radius 2 is 1.97 bits per heavy atom. The summed E-state index contributed by atoms with van der Waals surface area (Å²) in [6, 6.07) is 14.3. The summed E-state index contributed by atoms with van der Waals surface area (Å²) in [5.41, 5.74) is 3.22. The first-order valence-corrected chi connectivity index (χ1v) is 9.66. The number of nitrogens with zero attached hydrogens (tertiary/aromatic N) is 6. The lowest BCUT2D eigenvalue weighted by Crippen LogP contribution is -2.37. The smallest absolute Gasteiger partial charge is 0.191 e. The molecule has 0 aliphatic rings. The fourth-order valence-corrected chi connectivity index (χ4v) is 3.10.